The molecule has 0 atom stereocenters. The predicted molar refractivity (Wildman–Crippen MR) is 102 cm³/mol. The van der Waals surface area contributed by atoms with Crippen molar-refractivity contribution in [2.24, 2.45) is 18.5 Å². The molecule has 4 aromatic heterocycles. The van der Waals surface area contributed by atoms with E-state index in [0.29, 0.717) is 40.5 Å². The number of pyridine rings is 1. The van der Waals surface area contributed by atoms with Gasteiger partial charge in [-0.3, -0.25) is 14.2 Å². The number of nitrogens with zero attached hydrogens (tertiary/aromatic N) is 6. The average Bonchev–Trinajstić information content (AvgIpc) is 3.37. The number of fused-ring (bicyclic) bond motifs is 1. The van der Waals surface area contributed by atoms with Crippen molar-refractivity contribution < 1.29 is 9.21 Å². The largest absolute Gasteiger partial charge is 0.433 e. The van der Waals surface area contributed by atoms with Crippen molar-refractivity contribution in [1.82, 2.24) is 29.5 Å². The lowest BCUT2D eigenvalue weighted by Gasteiger charge is -2.04. The van der Waals surface area contributed by atoms with Gasteiger partial charge in [-0.1, -0.05) is 0 Å². The van der Waals surface area contributed by atoms with Crippen LogP contribution in [0.4, 0.5) is 0 Å². The second-order valence-electron chi connectivity index (χ2n) is 6.41. The Balaban J connectivity index is 1.97. The van der Waals surface area contributed by atoms with E-state index in [2.05, 4.69) is 20.2 Å². The van der Waals surface area contributed by atoms with Crippen LogP contribution in [0.2, 0.25) is 0 Å². The molecule has 0 bridgehead atoms. The van der Waals surface area contributed by atoms with Gasteiger partial charge >= 0.3 is 0 Å². The van der Waals surface area contributed by atoms with E-state index in [9.17, 15) is 4.79 Å². The molecule has 0 saturated carbocycles. The van der Waals surface area contributed by atoms with Crippen LogP contribution in [0, 0.1) is 6.92 Å². The number of primary amides is 1. The summed E-state index contributed by atoms with van der Waals surface area (Å²) < 4.78 is 9.53. The van der Waals surface area contributed by atoms with Crippen LogP contribution in [-0.4, -0.2) is 35.4 Å². The zero-order chi connectivity index (χ0) is 20.0. The Labute approximate surface area is 160 Å². The summed E-state index contributed by atoms with van der Waals surface area (Å²) in [4.78, 5) is 20.7. The lowest BCUT2D eigenvalue weighted by atomic mass is 10.1. The Kier molecular flexibility index (Phi) is 4.19. The maximum Gasteiger partial charge on any atom is 0.267 e. The fourth-order valence-electron chi connectivity index (χ4n) is 3.19. The maximum absolute atomic E-state index is 11.8. The Hall–Kier alpha value is -3.53. The van der Waals surface area contributed by atoms with Crippen LogP contribution in [-0.2, 0) is 20.1 Å². The van der Waals surface area contributed by atoms with Crippen molar-refractivity contribution in [1.29, 1.82) is 0 Å². The summed E-state index contributed by atoms with van der Waals surface area (Å²) in [6.07, 6.45) is 1.66. The molecule has 10 nitrogen and oxygen atoms in total. The highest BCUT2D eigenvalue weighted by atomic mass is 16.4. The van der Waals surface area contributed by atoms with Crippen molar-refractivity contribution in [3.63, 3.8) is 0 Å². The van der Waals surface area contributed by atoms with Gasteiger partial charge in [0.2, 0.25) is 5.89 Å². The second-order valence-corrected chi connectivity index (χ2v) is 6.41. The van der Waals surface area contributed by atoms with E-state index in [4.69, 9.17) is 15.9 Å². The van der Waals surface area contributed by atoms with Crippen molar-refractivity contribution >= 4 is 16.8 Å². The molecule has 4 aromatic rings. The third kappa shape index (κ3) is 2.74. The first-order chi connectivity index (χ1) is 13.4. The molecule has 0 aromatic carbocycles. The van der Waals surface area contributed by atoms with E-state index in [-0.39, 0.29) is 12.2 Å². The fraction of sp³-hybridized carbons (Fsp3) is 0.278. The van der Waals surface area contributed by atoms with E-state index < -0.39 is 5.91 Å². The van der Waals surface area contributed by atoms with E-state index in [1.165, 1.54) is 0 Å². The maximum atomic E-state index is 11.8. The molecule has 28 heavy (non-hydrogen) atoms. The highest BCUT2D eigenvalue weighted by Gasteiger charge is 2.23. The van der Waals surface area contributed by atoms with E-state index in [1.54, 1.807) is 28.7 Å². The molecule has 0 radical (unpaired) electrons. The monoisotopic (exact) mass is 380 g/mol. The molecule has 4 N–H and O–H groups in total. The number of nitrogens with two attached hydrogens (primary N) is 2. The first-order valence-corrected chi connectivity index (χ1v) is 8.80. The first kappa shape index (κ1) is 17.9. The molecule has 144 valence electrons. The first-order valence-electron chi connectivity index (χ1n) is 8.80. The molecular weight excluding hydrogens is 360 g/mol. The quantitative estimate of drug-likeness (QED) is 0.532. The standard InChI is InChI=1S/C18H20N8O2/c1-4-26-14(5-9(2)24-26)18-23-12(7-19)16(28-18)15-10-8-21-25(3)13(10)6-11(22-15)17(20)27/h5-6,8H,4,7,19H2,1-3H3,(H2,20,27). The number of rotatable bonds is 5. The van der Waals surface area contributed by atoms with Gasteiger partial charge in [-0.15, -0.1) is 0 Å². The molecule has 10 heteroatoms. The van der Waals surface area contributed by atoms with Crippen molar-refractivity contribution in [3.05, 3.63) is 35.4 Å². The van der Waals surface area contributed by atoms with Crippen LogP contribution < -0.4 is 11.5 Å². The third-order valence-corrected chi connectivity index (χ3v) is 4.52. The Morgan fingerprint density at radius 3 is 2.75 bits per heavy atom. The molecule has 0 aliphatic carbocycles. The number of hydrogen-bond donors (Lipinski definition) is 2. The summed E-state index contributed by atoms with van der Waals surface area (Å²) >= 11 is 0. The Morgan fingerprint density at radius 2 is 2.07 bits per heavy atom. The highest BCUT2D eigenvalue weighted by molar-refractivity contribution is 5.99. The van der Waals surface area contributed by atoms with Crippen molar-refractivity contribution in [3.8, 4) is 23.0 Å². The zero-order valence-electron chi connectivity index (χ0n) is 15.8. The van der Waals surface area contributed by atoms with Gasteiger partial charge in [0.15, 0.2) is 5.76 Å². The van der Waals surface area contributed by atoms with Gasteiger partial charge in [-0.2, -0.15) is 10.2 Å². The topological polar surface area (TPSA) is 144 Å². The van der Waals surface area contributed by atoms with Crippen LogP contribution in [0.25, 0.3) is 33.9 Å². The van der Waals surface area contributed by atoms with Gasteiger partial charge in [0.25, 0.3) is 5.91 Å². The van der Waals surface area contributed by atoms with Crippen molar-refractivity contribution in [2.75, 3.05) is 0 Å². The smallest absolute Gasteiger partial charge is 0.267 e. The summed E-state index contributed by atoms with van der Waals surface area (Å²) in [7, 11) is 1.77. The van der Waals surface area contributed by atoms with Crippen LogP contribution in [0.1, 0.15) is 28.8 Å². The third-order valence-electron chi connectivity index (χ3n) is 4.52. The summed E-state index contributed by atoms with van der Waals surface area (Å²) in [5.41, 5.74) is 14.8. The molecule has 1 amide bonds. The van der Waals surface area contributed by atoms with Gasteiger partial charge < -0.3 is 15.9 Å². The Bertz CT molecular complexity index is 1200. The molecule has 0 aliphatic rings. The highest BCUT2D eigenvalue weighted by Crippen LogP contribution is 2.33. The number of hydrogen-bond acceptors (Lipinski definition) is 7. The number of aromatic nitrogens is 6. The fourth-order valence-corrected chi connectivity index (χ4v) is 3.19. The van der Waals surface area contributed by atoms with Crippen LogP contribution in [0.5, 0.6) is 0 Å². The minimum absolute atomic E-state index is 0.112. The molecule has 0 unspecified atom stereocenters. The molecule has 0 fully saturated rings. The lowest BCUT2D eigenvalue weighted by molar-refractivity contribution is 0.0996. The SMILES string of the molecule is CCn1nc(C)cc1-c1nc(CN)c(-c2nc(C(N)=O)cc3c2cnn3C)o1. The van der Waals surface area contributed by atoms with Crippen molar-refractivity contribution in [2.45, 2.75) is 26.9 Å². The van der Waals surface area contributed by atoms with Crippen LogP contribution in [0.15, 0.2) is 22.7 Å². The lowest BCUT2D eigenvalue weighted by Crippen LogP contribution is -2.14. The van der Waals surface area contributed by atoms with Crippen LogP contribution >= 0.6 is 0 Å². The summed E-state index contributed by atoms with van der Waals surface area (Å²) in [6, 6.07) is 3.50. The predicted octanol–water partition coefficient (Wildman–Crippen LogP) is 1.37. The van der Waals surface area contributed by atoms with Gasteiger partial charge in [0.1, 0.15) is 22.8 Å². The van der Waals surface area contributed by atoms with Gasteiger partial charge in [-0.05, 0) is 26.0 Å². The molecule has 0 aliphatic heterocycles. The number of oxazole rings is 1. The summed E-state index contributed by atoms with van der Waals surface area (Å²) in [5.74, 6) is 0.138. The second kappa shape index (κ2) is 6.57. The van der Waals surface area contributed by atoms with E-state index in [0.717, 1.165) is 11.4 Å². The number of amides is 1. The van der Waals surface area contributed by atoms with Gasteiger partial charge in [0, 0.05) is 25.5 Å². The van der Waals surface area contributed by atoms with Gasteiger partial charge in [-0.25, -0.2) is 9.97 Å². The minimum atomic E-state index is -0.641. The van der Waals surface area contributed by atoms with E-state index in [1.807, 2.05) is 19.9 Å². The average molecular weight is 380 g/mol. The number of carbonyl (C=O) groups is 1. The summed E-state index contributed by atoms with van der Waals surface area (Å²) in [6.45, 7) is 4.70. The van der Waals surface area contributed by atoms with Gasteiger partial charge in [0.05, 0.1) is 17.4 Å². The molecule has 4 rings (SSSR count). The minimum Gasteiger partial charge on any atom is -0.433 e. The number of aryl methyl sites for hydroxylation is 3. The molecular formula is C18H20N8O2. The van der Waals surface area contributed by atoms with E-state index >= 15 is 0 Å². The normalized spacial score (nSPS) is 11.4. The Morgan fingerprint density at radius 1 is 1.29 bits per heavy atom. The molecule has 4 heterocycles. The van der Waals surface area contributed by atoms with Crippen LogP contribution in [0.3, 0.4) is 0 Å². The zero-order valence-corrected chi connectivity index (χ0v) is 15.8. The molecule has 0 spiro atoms. The summed E-state index contributed by atoms with van der Waals surface area (Å²) in [5, 5.41) is 9.39. The molecule has 0 saturated heterocycles. The number of carbonyl (C=O) groups excluding carboxylic acids is 1.